The molecule has 1 aromatic heterocycles. The molecule has 0 unspecified atom stereocenters. The molecule has 0 saturated heterocycles. The van der Waals surface area contributed by atoms with Gasteiger partial charge < -0.3 is 14.7 Å². The summed E-state index contributed by atoms with van der Waals surface area (Å²) in [7, 11) is 3.42. The van der Waals surface area contributed by atoms with E-state index in [1.807, 2.05) is 19.1 Å². The summed E-state index contributed by atoms with van der Waals surface area (Å²) in [5.41, 5.74) is 2.70. The van der Waals surface area contributed by atoms with E-state index in [0.29, 0.717) is 35.5 Å². The van der Waals surface area contributed by atoms with Crippen molar-refractivity contribution in [1.29, 1.82) is 0 Å². The third-order valence-corrected chi connectivity index (χ3v) is 3.56. The minimum Gasteiger partial charge on any atom is -0.361 e. The Morgan fingerprint density at radius 1 is 1.22 bits per heavy atom. The van der Waals surface area contributed by atoms with E-state index >= 15 is 0 Å². The average molecular weight is 315 g/mol. The van der Waals surface area contributed by atoms with Crippen LogP contribution in [0.25, 0.3) is 0 Å². The van der Waals surface area contributed by atoms with E-state index in [-0.39, 0.29) is 11.8 Å². The molecule has 0 radical (unpaired) electrons. The number of nitrogens with one attached hydrogen (secondary N) is 1. The molecule has 1 N–H and O–H groups in total. The van der Waals surface area contributed by atoms with Crippen LogP contribution in [0.3, 0.4) is 0 Å². The second kappa shape index (κ2) is 7.09. The first-order valence-corrected chi connectivity index (χ1v) is 7.48. The molecule has 0 fully saturated rings. The summed E-state index contributed by atoms with van der Waals surface area (Å²) in [4.78, 5) is 25.6. The molecule has 1 heterocycles. The van der Waals surface area contributed by atoms with Gasteiger partial charge in [-0.15, -0.1) is 0 Å². The van der Waals surface area contributed by atoms with Crippen molar-refractivity contribution in [2.75, 3.05) is 14.1 Å². The van der Waals surface area contributed by atoms with Gasteiger partial charge >= 0.3 is 0 Å². The number of carbonyl (C=O) groups excluding carboxylic acids is 2. The van der Waals surface area contributed by atoms with Crippen LogP contribution in [0.1, 0.15) is 44.7 Å². The molecule has 2 amide bonds. The first-order valence-electron chi connectivity index (χ1n) is 7.48. The summed E-state index contributed by atoms with van der Waals surface area (Å²) in [5, 5.41) is 6.73. The lowest BCUT2D eigenvalue weighted by atomic mass is 10.1. The third kappa shape index (κ3) is 3.77. The number of hydrogen-bond acceptors (Lipinski definition) is 4. The number of amides is 2. The van der Waals surface area contributed by atoms with Crippen molar-refractivity contribution in [3.05, 3.63) is 52.4 Å². The molecule has 0 aliphatic heterocycles. The lowest BCUT2D eigenvalue weighted by molar-refractivity contribution is 0.0827. The summed E-state index contributed by atoms with van der Waals surface area (Å²) in [6.07, 6.45) is 0.640. The molecule has 0 aliphatic carbocycles. The standard InChI is InChI=1S/C17H21N3O3/c1-5-14-15(11(2)23-19-14)16(21)18-10-12-6-8-13(9-7-12)17(22)20(3)4/h6-9H,5,10H2,1-4H3,(H,18,21). The largest absolute Gasteiger partial charge is 0.361 e. The highest BCUT2D eigenvalue weighted by atomic mass is 16.5. The zero-order chi connectivity index (χ0) is 17.0. The van der Waals surface area contributed by atoms with Crippen LogP contribution in [0.5, 0.6) is 0 Å². The monoisotopic (exact) mass is 315 g/mol. The number of benzene rings is 1. The molecule has 0 saturated carbocycles. The van der Waals surface area contributed by atoms with Gasteiger partial charge in [-0.2, -0.15) is 0 Å². The lowest BCUT2D eigenvalue weighted by Gasteiger charge is -2.11. The second-order valence-corrected chi connectivity index (χ2v) is 5.49. The van der Waals surface area contributed by atoms with Crippen molar-refractivity contribution in [1.82, 2.24) is 15.4 Å². The summed E-state index contributed by atoms with van der Waals surface area (Å²) in [6.45, 7) is 4.03. The molecule has 0 spiro atoms. The van der Waals surface area contributed by atoms with E-state index in [1.165, 1.54) is 4.90 Å². The van der Waals surface area contributed by atoms with Gasteiger partial charge in [-0.3, -0.25) is 9.59 Å². The van der Waals surface area contributed by atoms with Crippen molar-refractivity contribution >= 4 is 11.8 Å². The number of carbonyl (C=O) groups is 2. The van der Waals surface area contributed by atoms with E-state index in [1.54, 1.807) is 33.2 Å². The Hall–Kier alpha value is -2.63. The second-order valence-electron chi connectivity index (χ2n) is 5.49. The van der Waals surface area contributed by atoms with Gasteiger partial charge in [0, 0.05) is 26.2 Å². The fourth-order valence-electron chi connectivity index (χ4n) is 2.24. The fraction of sp³-hybridized carbons (Fsp3) is 0.353. The molecule has 6 heteroatoms. The maximum absolute atomic E-state index is 12.3. The van der Waals surface area contributed by atoms with E-state index in [4.69, 9.17) is 4.52 Å². The van der Waals surface area contributed by atoms with Gasteiger partial charge in [-0.25, -0.2) is 0 Å². The van der Waals surface area contributed by atoms with Crippen LogP contribution in [0.2, 0.25) is 0 Å². The molecule has 0 bridgehead atoms. The maximum atomic E-state index is 12.3. The molecule has 23 heavy (non-hydrogen) atoms. The van der Waals surface area contributed by atoms with Gasteiger partial charge in [-0.1, -0.05) is 24.2 Å². The number of rotatable bonds is 5. The Bertz CT molecular complexity index is 702. The highest BCUT2D eigenvalue weighted by molar-refractivity contribution is 5.96. The fourth-order valence-corrected chi connectivity index (χ4v) is 2.24. The Kier molecular flexibility index (Phi) is 5.16. The van der Waals surface area contributed by atoms with Crippen molar-refractivity contribution < 1.29 is 14.1 Å². The van der Waals surface area contributed by atoms with Gasteiger partial charge in [0.05, 0.1) is 5.69 Å². The predicted molar refractivity (Wildman–Crippen MR) is 86.2 cm³/mol. The minimum absolute atomic E-state index is 0.0479. The zero-order valence-corrected chi connectivity index (χ0v) is 13.8. The molecular weight excluding hydrogens is 294 g/mol. The third-order valence-electron chi connectivity index (χ3n) is 3.56. The van der Waals surface area contributed by atoms with Gasteiger partial charge in [0.1, 0.15) is 11.3 Å². The number of aromatic nitrogens is 1. The molecular formula is C17H21N3O3. The molecule has 0 atom stereocenters. The Balaban J connectivity index is 2.02. The van der Waals surface area contributed by atoms with Gasteiger partial charge in [-0.05, 0) is 31.0 Å². The summed E-state index contributed by atoms with van der Waals surface area (Å²) < 4.78 is 5.07. The van der Waals surface area contributed by atoms with Crippen LogP contribution < -0.4 is 5.32 Å². The summed E-state index contributed by atoms with van der Waals surface area (Å²) >= 11 is 0. The highest BCUT2D eigenvalue weighted by Crippen LogP contribution is 2.14. The number of hydrogen-bond donors (Lipinski definition) is 1. The SMILES string of the molecule is CCc1noc(C)c1C(=O)NCc1ccc(C(=O)N(C)C)cc1. The van der Waals surface area contributed by atoms with Crippen LogP contribution in [0.15, 0.2) is 28.8 Å². The van der Waals surface area contributed by atoms with Crippen LogP contribution in [-0.2, 0) is 13.0 Å². The maximum Gasteiger partial charge on any atom is 0.257 e. The first kappa shape index (κ1) is 16.7. The van der Waals surface area contributed by atoms with Crippen molar-refractivity contribution in [2.45, 2.75) is 26.8 Å². The predicted octanol–water partition coefficient (Wildman–Crippen LogP) is 2.18. The van der Waals surface area contributed by atoms with E-state index in [2.05, 4.69) is 10.5 Å². The topological polar surface area (TPSA) is 75.4 Å². The zero-order valence-electron chi connectivity index (χ0n) is 13.8. The van der Waals surface area contributed by atoms with E-state index < -0.39 is 0 Å². The van der Waals surface area contributed by atoms with Gasteiger partial charge in [0.25, 0.3) is 11.8 Å². The van der Waals surface area contributed by atoms with E-state index in [9.17, 15) is 9.59 Å². The van der Waals surface area contributed by atoms with Crippen LogP contribution in [0, 0.1) is 6.92 Å². The Morgan fingerprint density at radius 3 is 2.43 bits per heavy atom. The molecule has 2 aromatic rings. The van der Waals surface area contributed by atoms with Crippen molar-refractivity contribution in [2.24, 2.45) is 0 Å². The lowest BCUT2D eigenvalue weighted by Crippen LogP contribution is -2.24. The average Bonchev–Trinajstić information content (AvgIpc) is 2.93. The van der Waals surface area contributed by atoms with Gasteiger partial charge in [0.15, 0.2) is 0 Å². The molecule has 1 aromatic carbocycles. The van der Waals surface area contributed by atoms with Crippen LogP contribution in [-0.4, -0.2) is 36.0 Å². The molecule has 0 aliphatic rings. The minimum atomic E-state index is -0.200. The highest BCUT2D eigenvalue weighted by Gasteiger charge is 2.18. The smallest absolute Gasteiger partial charge is 0.257 e. The molecule has 6 nitrogen and oxygen atoms in total. The van der Waals surface area contributed by atoms with Crippen LogP contribution in [0.4, 0.5) is 0 Å². The number of nitrogens with zero attached hydrogens (tertiary/aromatic N) is 2. The van der Waals surface area contributed by atoms with Crippen molar-refractivity contribution in [3.63, 3.8) is 0 Å². The summed E-state index contributed by atoms with van der Waals surface area (Å²) in [5.74, 6) is 0.272. The number of aryl methyl sites for hydroxylation is 2. The van der Waals surface area contributed by atoms with E-state index in [0.717, 1.165) is 5.56 Å². The van der Waals surface area contributed by atoms with Gasteiger partial charge in [0.2, 0.25) is 0 Å². The van der Waals surface area contributed by atoms with Crippen LogP contribution >= 0.6 is 0 Å². The summed E-state index contributed by atoms with van der Waals surface area (Å²) in [6, 6.07) is 7.17. The molecule has 122 valence electrons. The van der Waals surface area contributed by atoms with Crippen molar-refractivity contribution in [3.8, 4) is 0 Å². The quantitative estimate of drug-likeness (QED) is 0.917. The normalized spacial score (nSPS) is 10.4. The Labute approximate surface area is 135 Å². The Morgan fingerprint density at radius 2 is 1.87 bits per heavy atom. The molecule has 2 rings (SSSR count). The first-order chi connectivity index (χ1) is 10.9.